The number of hydrogen-bond donors (Lipinski definition) is 4. The Labute approximate surface area is 177 Å². The highest BCUT2D eigenvalue weighted by atomic mass is 32.1. The summed E-state index contributed by atoms with van der Waals surface area (Å²) in [5, 5.41) is 15.9. The van der Waals surface area contributed by atoms with E-state index in [0.29, 0.717) is 5.57 Å². The first-order chi connectivity index (χ1) is 14.0. The molecule has 2 aliphatic rings. The fourth-order valence-corrected chi connectivity index (χ4v) is 4.17. The highest BCUT2D eigenvalue weighted by molar-refractivity contribution is 7.80. The molecule has 6 heteroatoms. The summed E-state index contributed by atoms with van der Waals surface area (Å²) < 4.78 is 0. The van der Waals surface area contributed by atoms with E-state index in [9.17, 15) is 9.90 Å². The predicted octanol–water partition coefficient (Wildman–Crippen LogP) is 3.58. The number of hydrogen-bond acceptors (Lipinski definition) is 5. The molecule has 0 bridgehead atoms. The smallest absolute Gasteiger partial charge is 0.253 e. The first-order valence-electron chi connectivity index (χ1n) is 10.1. The monoisotopic (exact) mass is 409 g/mol. The number of benzene rings is 2. The number of carbonyl (C=O) groups is 1. The standard InChI is InChI=1S/C23H27N3O2S/c1-15-20-7-6-19(29)12-21(20)22(23(28)25-15)13-24-17-4-2-16(3-5-17)14-26-10-8-18(27)9-11-26/h2-7,12-13,15,18,24,27,29H,8-11,14H2,1H3,(H,25,28)/b22-13-. The lowest BCUT2D eigenvalue weighted by Gasteiger charge is -2.29. The maximum Gasteiger partial charge on any atom is 0.253 e. The highest BCUT2D eigenvalue weighted by Gasteiger charge is 2.26. The Bertz CT molecular complexity index is 918. The van der Waals surface area contributed by atoms with Crippen LogP contribution in [0.1, 0.15) is 42.5 Å². The highest BCUT2D eigenvalue weighted by Crippen LogP contribution is 2.31. The molecule has 0 saturated carbocycles. The van der Waals surface area contributed by atoms with E-state index >= 15 is 0 Å². The van der Waals surface area contributed by atoms with Crippen LogP contribution >= 0.6 is 12.6 Å². The third-order valence-electron chi connectivity index (χ3n) is 5.69. The minimum Gasteiger partial charge on any atom is -0.393 e. The molecule has 0 radical (unpaired) electrons. The predicted molar refractivity (Wildman–Crippen MR) is 119 cm³/mol. The van der Waals surface area contributed by atoms with Crippen LogP contribution in [0, 0.1) is 0 Å². The number of piperidine rings is 1. The van der Waals surface area contributed by atoms with Gasteiger partial charge in [-0.15, -0.1) is 12.6 Å². The quantitative estimate of drug-likeness (QED) is 0.460. The minimum atomic E-state index is -0.144. The number of anilines is 1. The summed E-state index contributed by atoms with van der Waals surface area (Å²) in [5.74, 6) is -0.0830. The molecular formula is C23H27N3O2S. The number of nitrogens with one attached hydrogen (secondary N) is 2. The SMILES string of the molecule is CC1NC(=O)/C(=C\Nc2ccc(CN3CCC(O)CC3)cc2)c2cc(S)ccc21. The summed E-state index contributed by atoms with van der Waals surface area (Å²) in [4.78, 5) is 15.7. The lowest BCUT2D eigenvalue weighted by molar-refractivity contribution is -0.116. The Balaban J connectivity index is 1.46. The maximum atomic E-state index is 12.5. The van der Waals surface area contributed by atoms with Crippen LogP contribution in [0.4, 0.5) is 5.69 Å². The molecule has 1 unspecified atom stereocenters. The van der Waals surface area contributed by atoms with Gasteiger partial charge in [0.15, 0.2) is 0 Å². The van der Waals surface area contributed by atoms with Crippen LogP contribution in [0.2, 0.25) is 0 Å². The van der Waals surface area contributed by atoms with E-state index < -0.39 is 0 Å². The molecule has 1 fully saturated rings. The van der Waals surface area contributed by atoms with Crippen LogP contribution in [0.5, 0.6) is 0 Å². The number of likely N-dealkylation sites (tertiary alicyclic amines) is 1. The number of amides is 1. The lowest BCUT2D eigenvalue weighted by Crippen LogP contribution is -2.35. The molecule has 29 heavy (non-hydrogen) atoms. The summed E-state index contributed by atoms with van der Waals surface area (Å²) in [6.45, 7) is 4.76. The molecule has 1 saturated heterocycles. The van der Waals surface area contributed by atoms with Gasteiger partial charge in [-0.2, -0.15) is 0 Å². The van der Waals surface area contributed by atoms with Crippen molar-refractivity contribution in [2.75, 3.05) is 18.4 Å². The minimum absolute atomic E-state index is 0.0150. The fraction of sp³-hybridized carbons (Fsp3) is 0.348. The Kier molecular flexibility index (Phi) is 5.94. The zero-order valence-corrected chi connectivity index (χ0v) is 17.5. The largest absolute Gasteiger partial charge is 0.393 e. The van der Waals surface area contributed by atoms with Gasteiger partial charge < -0.3 is 15.7 Å². The average Bonchev–Trinajstić information content (AvgIpc) is 2.70. The van der Waals surface area contributed by atoms with Crippen molar-refractivity contribution in [1.82, 2.24) is 10.2 Å². The Morgan fingerprint density at radius 2 is 1.93 bits per heavy atom. The van der Waals surface area contributed by atoms with Gasteiger partial charge in [-0.05, 0) is 60.7 Å². The average molecular weight is 410 g/mol. The molecule has 0 aromatic heterocycles. The zero-order valence-electron chi connectivity index (χ0n) is 16.6. The maximum absolute atomic E-state index is 12.5. The normalized spacial score (nSPS) is 21.7. The first kappa shape index (κ1) is 20.0. The van der Waals surface area contributed by atoms with Gasteiger partial charge in [0.2, 0.25) is 0 Å². The van der Waals surface area contributed by atoms with Gasteiger partial charge in [-0.25, -0.2) is 0 Å². The van der Waals surface area contributed by atoms with Crippen molar-refractivity contribution in [3.63, 3.8) is 0 Å². The summed E-state index contributed by atoms with van der Waals surface area (Å²) in [6.07, 6.45) is 3.33. The number of aliphatic hydroxyl groups is 1. The Morgan fingerprint density at radius 3 is 2.66 bits per heavy atom. The number of carbonyl (C=O) groups excluding carboxylic acids is 1. The molecule has 0 spiro atoms. The van der Waals surface area contributed by atoms with Gasteiger partial charge in [-0.3, -0.25) is 9.69 Å². The van der Waals surface area contributed by atoms with Gasteiger partial charge >= 0.3 is 0 Å². The molecule has 2 aliphatic heterocycles. The molecule has 152 valence electrons. The van der Waals surface area contributed by atoms with Crippen molar-refractivity contribution in [1.29, 1.82) is 0 Å². The second-order valence-electron chi connectivity index (χ2n) is 7.87. The van der Waals surface area contributed by atoms with E-state index in [-0.39, 0.29) is 18.1 Å². The van der Waals surface area contributed by atoms with Crippen molar-refractivity contribution in [3.05, 3.63) is 65.4 Å². The molecule has 3 N–H and O–H groups in total. The number of thiol groups is 1. The van der Waals surface area contributed by atoms with Crippen LogP contribution in [-0.4, -0.2) is 35.1 Å². The Morgan fingerprint density at radius 1 is 1.21 bits per heavy atom. The molecule has 2 aromatic rings. The van der Waals surface area contributed by atoms with Gasteiger partial charge in [0.1, 0.15) is 0 Å². The molecule has 1 atom stereocenters. The molecule has 4 rings (SSSR count). The fourth-order valence-electron chi connectivity index (χ4n) is 3.97. The number of fused-ring (bicyclic) bond motifs is 1. The summed E-state index contributed by atoms with van der Waals surface area (Å²) in [6, 6.07) is 14.2. The summed E-state index contributed by atoms with van der Waals surface area (Å²) in [5.41, 5.74) is 4.81. The van der Waals surface area contributed by atoms with Crippen molar-refractivity contribution in [3.8, 4) is 0 Å². The van der Waals surface area contributed by atoms with Crippen LogP contribution in [0.15, 0.2) is 53.6 Å². The van der Waals surface area contributed by atoms with Crippen molar-refractivity contribution in [2.24, 2.45) is 0 Å². The van der Waals surface area contributed by atoms with Crippen LogP contribution in [0.3, 0.4) is 0 Å². The van der Waals surface area contributed by atoms with Crippen molar-refractivity contribution < 1.29 is 9.90 Å². The van der Waals surface area contributed by atoms with E-state index in [1.807, 2.05) is 37.3 Å². The number of nitrogens with zero attached hydrogens (tertiary/aromatic N) is 1. The lowest BCUT2D eigenvalue weighted by atomic mass is 9.91. The molecule has 1 amide bonds. The van der Waals surface area contributed by atoms with E-state index in [1.165, 1.54) is 5.56 Å². The number of aliphatic hydroxyl groups excluding tert-OH is 1. The second kappa shape index (κ2) is 8.61. The molecular weight excluding hydrogens is 382 g/mol. The molecule has 2 heterocycles. The summed E-state index contributed by atoms with van der Waals surface area (Å²) >= 11 is 4.43. The van der Waals surface area contributed by atoms with Gasteiger partial charge in [0.05, 0.1) is 17.7 Å². The van der Waals surface area contributed by atoms with Crippen molar-refractivity contribution >= 4 is 29.8 Å². The van der Waals surface area contributed by atoms with Crippen molar-refractivity contribution in [2.45, 2.75) is 43.4 Å². The molecule has 5 nitrogen and oxygen atoms in total. The molecule has 0 aliphatic carbocycles. The zero-order chi connectivity index (χ0) is 20.4. The van der Waals surface area contributed by atoms with Gasteiger partial charge in [0.25, 0.3) is 5.91 Å². The molecule has 2 aromatic carbocycles. The number of rotatable bonds is 4. The first-order valence-corrected chi connectivity index (χ1v) is 10.5. The van der Waals surface area contributed by atoms with E-state index in [4.69, 9.17) is 0 Å². The van der Waals surface area contributed by atoms with Gasteiger partial charge in [0, 0.05) is 36.4 Å². The summed E-state index contributed by atoms with van der Waals surface area (Å²) in [7, 11) is 0. The van der Waals surface area contributed by atoms with E-state index in [0.717, 1.165) is 54.2 Å². The third kappa shape index (κ3) is 4.66. The van der Waals surface area contributed by atoms with Crippen LogP contribution in [0.25, 0.3) is 5.57 Å². The second-order valence-corrected chi connectivity index (χ2v) is 8.39. The van der Waals surface area contributed by atoms with E-state index in [1.54, 1.807) is 6.20 Å². The van der Waals surface area contributed by atoms with Gasteiger partial charge in [-0.1, -0.05) is 18.2 Å². The van der Waals surface area contributed by atoms with Crippen LogP contribution in [-0.2, 0) is 11.3 Å². The third-order valence-corrected chi connectivity index (χ3v) is 5.96. The Hall–Kier alpha value is -2.28. The van der Waals surface area contributed by atoms with Crippen LogP contribution < -0.4 is 10.6 Å². The topological polar surface area (TPSA) is 64.6 Å². The van der Waals surface area contributed by atoms with E-state index in [2.05, 4.69) is 40.3 Å².